The molecule has 0 aliphatic carbocycles. The van der Waals surface area contributed by atoms with Crippen molar-refractivity contribution in [2.24, 2.45) is 0 Å². The highest BCUT2D eigenvalue weighted by atomic mass is 32.2. The zero-order valence-electron chi connectivity index (χ0n) is 18.6. The first kappa shape index (κ1) is 25.5. The number of sulfonamides is 1. The van der Waals surface area contributed by atoms with E-state index >= 15 is 0 Å². The van der Waals surface area contributed by atoms with Gasteiger partial charge in [0.2, 0.25) is 0 Å². The maximum atomic E-state index is 13.5. The molecule has 0 aliphatic heterocycles. The van der Waals surface area contributed by atoms with Gasteiger partial charge in [0.15, 0.2) is 0 Å². The molecule has 32 heavy (non-hydrogen) atoms. The first-order valence-corrected chi connectivity index (χ1v) is 11.6. The Hall–Kier alpha value is -2.76. The van der Waals surface area contributed by atoms with Crippen molar-refractivity contribution in [3.05, 3.63) is 42.5 Å². The Labute approximate surface area is 189 Å². The summed E-state index contributed by atoms with van der Waals surface area (Å²) in [5, 5.41) is 0. The van der Waals surface area contributed by atoms with Gasteiger partial charge in [-0.3, -0.25) is 4.31 Å². The Morgan fingerprint density at radius 3 is 2.41 bits per heavy atom. The quantitative estimate of drug-likeness (QED) is 0.195. The lowest BCUT2D eigenvalue weighted by Gasteiger charge is -2.25. The van der Waals surface area contributed by atoms with Crippen molar-refractivity contribution in [1.82, 2.24) is 0 Å². The molecule has 0 aliphatic rings. The predicted molar refractivity (Wildman–Crippen MR) is 125 cm³/mol. The molecule has 0 amide bonds. The fourth-order valence-electron chi connectivity index (χ4n) is 2.84. The van der Waals surface area contributed by atoms with Crippen LogP contribution in [0, 0.1) is 0 Å². The molecule has 0 saturated carbocycles. The number of ether oxygens (including phenoxy) is 4. The van der Waals surface area contributed by atoms with Gasteiger partial charge in [-0.1, -0.05) is 17.6 Å². The maximum Gasteiger partial charge on any atom is 0.332 e. The minimum absolute atomic E-state index is 0.0293. The van der Waals surface area contributed by atoms with Crippen LogP contribution < -0.4 is 20.2 Å². The van der Waals surface area contributed by atoms with Gasteiger partial charge in [0.05, 0.1) is 45.8 Å². The van der Waals surface area contributed by atoms with Crippen molar-refractivity contribution >= 4 is 40.7 Å². The van der Waals surface area contributed by atoms with E-state index in [0.717, 1.165) is 5.46 Å². The Kier molecular flexibility index (Phi) is 9.82. The van der Waals surface area contributed by atoms with Crippen LogP contribution in [0.1, 0.15) is 6.92 Å². The highest BCUT2D eigenvalue weighted by molar-refractivity contribution is 7.93. The molecule has 0 atom stereocenters. The summed E-state index contributed by atoms with van der Waals surface area (Å²) in [4.78, 5) is 11.2. The van der Waals surface area contributed by atoms with Crippen LogP contribution in [-0.2, 0) is 29.0 Å². The van der Waals surface area contributed by atoms with Crippen LogP contribution in [0.15, 0.2) is 47.4 Å². The van der Waals surface area contributed by atoms with Crippen LogP contribution in [0.4, 0.5) is 11.4 Å². The third kappa shape index (κ3) is 7.15. The summed E-state index contributed by atoms with van der Waals surface area (Å²) >= 11 is 0. The van der Waals surface area contributed by atoms with Gasteiger partial charge in [-0.05, 0) is 37.3 Å². The van der Waals surface area contributed by atoms with Gasteiger partial charge in [-0.15, -0.1) is 0 Å². The summed E-state index contributed by atoms with van der Waals surface area (Å²) < 4.78 is 49.0. The predicted octanol–water partition coefficient (Wildman–Crippen LogP) is 0.327. The lowest BCUT2D eigenvalue weighted by Crippen LogP contribution is -2.35. The van der Waals surface area contributed by atoms with Crippen LogP contribution in [0.5, 0.6) is 5.75 Å². The molecule has 0 saturated heterocycles. The molecule has 0 aromatic heterocycles. The molecule has 174 valence electrons. The number of carbonyl (C=O) groups is 1. The van der Waals surface area contributed by atoms with E-state index < -0.39 is 16.0 Å². The smallest absolute Gasteiger partial charge is 0.332 e. The van der Waals surface area contributed by atoms with Gasteiger partial charge >= 0.3 is 5.97 Å². The fraction of sp³-hybridized carbons (Fsp3) is 0.381. The number of methoxy groups -OCH3 is 1. The highest BCUT2D eigenvalue weighted by Gasteiger charge is 2.28. The monoisotopic (exact) mass is 464 g/mol. The molecule has 2 aromatic carbocycles. The second-order valence-electron chi connectivity index (χ2n) is 6.79. The molecule has 11 heteroatoms. The summed E-state index contributed by atoms with van der Waals surface area (Å²) in [5.41, 5.74) is 7.64. The highest BCUT2D eigenvalue weighted by Crippen LogP contribution is 2.31. The largest absolute Gasteiger partial charge is 0.495 e. The molecular weight excluding hydrogens is 435 g/mol. The lowest BCUT2D eigenvalue weighted by atomic mass is 9.96. The van der Waals surface area contributed by atoms with Crippen LogP contribution in [-0.4, -0.2) is 68.9 Å². The minimum atomic E-state index is -3.99. The zero-order valence-corrected chi connectivity index (χ0v) is 19.4. The Bertz CT molecular complexity index is 984. The normalized spacial score (nSPS) is 11.2. The number of nitrogen functional groups attached to an aromatic ring is 1. The molecule has 0 radical (unpaired) electrons. The molecule has 9 nitrogen and oxygen atoms in total. The van der Waals surface area contributed by atoms with Gasteiger partial charge in [-0.2, -0.15) is 0 Å². The van der Waals surface area contributed by atoms with Crippen molar-refractivity contribution in [2.45, 2.75) is 11.8 Å². The number of hydrogen-bond donors (Lipinski definition) is 1. The molecule has 0 unspecified atom stereocenters. The van der Waals surface area contributed by atoms with E-state index in [4.69, 9.17) is 24.7 Å². The number of rotatable bonds is 13. The van der Waals surface area contributed by atoms with Crippen molar-refractivity contribution < 1.29 is 32.2 Å². The van der Waals surface area contributed by atoms with E-state index in [1.807, 2.05) is 20.0 Å². The van der Waals surface area contributed by atoms with E-state index in [1.54, 1.807) is 25.1 Å². The van der Waals surface area contributed by atoms with E-state index in [2.05, 4.69) is 0 Å². The minimum Gasteiger partial charge on any atom is -0.495 e. The molecule has 2 aromatic rings. The summed E-state index contributed by atoms with van der Waals surface area (Å²) in [7, 11) is -0.669. The number of esters is 1. The van der Waals surface area contributed by atoms with E-state index in [0.29, 0.717) is 18.0 Å². The standard InChI is InChI=1S/C21H29BN2O7S/c1-3-31-21(25)15-30-13-12-29-11-10-24(18-7-4-16(22)5-8-18)32(26,27)20-14-17(23)6-9-19(20)28-2/h4-9,14H,3,10-13,15,22-23H2,1-2H3. The number of hydrogen-bond acceptors (Lipinski definition) is 8. The van der Waals surface area contributed by atoms with Gasteiger partial charge in [-0.25, -0.2) is 13.2 Å². The van der Waals surface area contributed by atoms with Crippen LogP contribution in [0.3, 0.4) is 0 Å². The molecule has 0 spiro atoms. The van der Waals surface area contributed by atoms with Crippen molar-refractivity contribution in [2.75, 3.05) is 56.7 Å². The van der Waals surface area contributed by atoms with Gasteiger partial charge in [0.25, 0.3) is 10.0 Å². The Balaban J connectivity index is 2.10. The van der Waals surface area contributed by atoms with Crippen molar-refractivity contribution in [3.63, 3.8) is 0 Å². The number of benzene rings is 2. The lowest BCUT2D eigenvalue weighted by molar-refractivity contribution is -0.148. The van der Waals surface area contributed by atoms with Crippen molar-refractivity contribution in [1.29, 1.82) is 0 Å². The third-order valence-corrected chi connectivity index (χ3v) is 6.26. The SMILES string of the molecule is Bc1ccc(N(CCOCCOCC(=O)OCC)S(=O)(=O)c2cc(N)ccc2OC)cc1. The average Bonchev–Trinajstić information content (AvgIpc) is 2.76. The first-order chi connectivity index (χ1) is 15.3. The van der Waals surface area contributed by atoms with E-state index in [1.165, 1.54) is 23.5 Å². The second kappa shape index (κ2) is 12.3. The number of nitrogens with zero attached hydrogens (tertiary/aromatic N) is 1. The molecule has 0 heterocycles. The average molecular weight is 464 g/mol. The number of anilines is 2. The number of nitrogens with two attached hydrogens (primary N) is 1. The molecule has 2 rings (SSSR count). The molecule has 2 N–H and O–H groups in total. The first-order valence-electron chi connectivity index (χ1n) is 10.1. The van der Waals surface area contributed by atoms with Crippen LogP contribution in [0.2, 0.25) is 0 Å². The molecule has 0 bridgehead atoms. The summed E-state index contributed by atoms with van der Waals surface area (Å²) in [6.45, 7) is 2.40. The van der Waals surface area contributed by atoms with E-state index in [9.17, 15) is 13.2 Å². The summed E-state index contributed by atoms with van der Waals surface area (Å²) in [6.07, 6.45) is 0. The molecule has 0 fully saturated rings. The van der Waals surface area contributed by atoms with Crippen LogP contribution in [0.25, 0.3) is 0 Å². The van der Waals surface area contributed by atoms with Gasteiger partial charge in [0.1, 0.15) is 25.1 Å². The second-order valence-corrected chi connectivity index (χ2v) is 8.62. The Morgan fingerprint density at radius 2 is 1.75 bits per heavy atom. The maximum absolute atomic E-state index is 13.5. The van der Waals surface area contributed by atoms with Gasteiger partial charge < -0.3 is 24.7 Å². The molecular formula is C21H29BN2O7S. The van der Waals surface area contributed by atoms with E-state index in [-0.39, 0.29) is 43.6 Å². The number of carbonyl (C=O) groups excluding carboxylic acids is 1. The fourth-order valence-corrected chi connectivity index (χ4v) is 4.48. The summed E-state index contributed by atoms with van der Waals surface area (Å²) in [5.74, 6) is -0.246. The Morgan fingerprint density at radius 1 is 1.06 bits per heavy atom. The third-order valence-electron chi connectivity index (χ3n) is 4.41. The van der Waals surface area contributed by atoms with Crippen molar-refractivity contribution in [3.8, 4) is 5.75 Å². The topological polar surface area (TPSA) is 117 Å². The summed E-state index contributed by atoms with van der Waals surface area (Å²) in [6, 6.07) is 11.6. The van der Waals surface area contributed by atoms with Crippen LogP contribution >= 0.6 is 0 Å². The van der Waals surface area contributed by atoms with Gasteiger partial charge in [0, 0.05) is 5.69 Å². The zero-order chi connectivity index (χ0) is 23.6.